The first-order chi connectivity index (χ1) is 10.5. The topological polar surface area (TPSA) is 51.7 Å². The highest BCUT2D eigenvalue weighted by molar-refractivity contribution is 6.34. The molecular formula is C15H12Cl2N2O3. The summed E-state index contributed by atoms with van der Waals surface area (Å²) in [6, 6.07) is 8.64. The van der Waals surface area contributed by atoms with Gasteiger partial charge in [-0.1, -0.05) is 29.3 Å². The molecule has 0 radical (unpaired) electrons. The lowest BCUT2D eigenvalue weighted by Crippen LogP contribution is -2.27. The number of benzene rings is 1. The number of carbonyl (C=O) groups excluding carboxylic acids is 1. The first-order valence-corrected chi connectivity index (χ1v) is 7.26. The molecule has 114 valence electrons. The molecule has 0 saturated heterocycles. The Morgan fingerprint density at radius 3 is 2.82 bits per heavy atom. The fourth-order valence-corrected chi connectivity index (χ4v) is 2.47. The second kappa shape index (κ2) is 6.02. The van der Waals surface area contributed by atoms with Crippen molar-refractivity contribution in [1.82, 2.24) is 9.88 Å². The van der Waals surface area contributed by atoms with E-state index in [4.69, 9.17) is 32.7 Å². The predicted molar refractivity (Wildman–Crippen MR) is 82.6 cm³/mol. The van der Waals surface area contributed by atoms with Crippen molar-refractivity contribution >= 4 is 29.1 Å². The van der Waals surface area contributed by atoms with Gasteiger partial charge in [0.1, 0.15) is 10.8 Å². The fourth-order valence-electron chi connectivity index (χ4n) is 2.13. The largest absolute Gasteiger partial charge is 0.454 e. The maximum Gasteiger partial charge on any atom is 0.274 e. The molecule has 0 atom stereocenters. The standard InChI is InChI=1S/C15H12Cl2N2O3/c1-19(15(20)14-10(16)3-5-13(17)18-14)7-9-2-4-11-12(6-9)22-8-21-11/h2-6H,7-8H2,1H3. The van der Waals surface area contributed by atoms with E-state index in [1.165, 1.54) is 4.90 Å². The Bertz CT molecular complexity index is 737. The number of ether oxygens (including phenoxy) is 2. The van der Waals surface area contributed by atoms with Crippen LogP contribution in [0.25, 0.3) is 0 Å². The Morgan fingerprint density at radius 2 is 2.00 bits per heavy atom. The van der Waals surface area contributed by atoms with Crippen LogP contribution in [-0.2, 0) is 6.54 Å². The Hall–Kier alpha value is -1.98. The average molecular weight is 339 g/mol. The number of carbonyl (C=O) groups is 1. The van der Waals surface area contributed by atoms with Crippen LogP contribution in [0.5, 0.6) is 11.5 Å². The lowest BCUT2D eigenvalue weighted by Gasteiger charge is -2.17. The summed E-state index contributed by atoms with van der Waals surface area (Å²) in [5, 5.41) is 0.496. The van der Waals surface area contributed by atoms with Crippen LogP contribution in [0.4, 0.5) is 0 Å². The minimum atomic E-state index is -0.301. The van der Waals surface area contributed by atoms with Crippen LogP contribution in [-0.4, -0.2) is 29.6 Å². The number of rotatable bonds is 3. The molecule has 1 aliphatic heterocycles. The second-order valence-electron chi connectivity index (χ2n) is 4.81. The van der Waals surface area contributed by atoms with Crippen molar-refractivity contribution in [1.29, 1.82) is 0 Å². The molecule has 0 aliphatic carbocycles. The van der Waals surface area contributed by atoms with Crippen molar-refractivity contribution in [3.63, 3.8) is 0 Å². The summed E-state index contributed by atoms with van der Waals surface area (Å²) in [6.45, 7) is 0.607. The van der Waals surface area contributed by atoms with Crippen LogP contribution in [0.15, 0.2) is 30.3 Å². The quantitative estimate of drug-likeness (QED) is 0.805. The zero-order valence-electron chi connectivity index (χ0n) is 11.7. The Labute approximate surface area is 137 Å². The van der Waals surface area contributed by atoms with Crippen LogP contribution in [0.2, 0.25) is 10.2 Å². The van der Waals surface area contributed by atoms with Gasteiger partial charge >= 0.3 is 0 Å². The van der Waals surface area contributed by atoms with Crippen molar-refractivity contribution in [3.05, 3.63) is 51.8 Å². The molecule has 5 nitrogen and oxygen atoms in total. The van der Waals surface area contributed by atoms with Gasteiger partial charge in [0.15, 0.2) is 11.5 Å². The number of amides is 1. The number of hydrogen-bond acceptors (Lipinski definition) is 4. The molecule has 1 aromatic heterocycles. The van der Waals surface area contributed by atoms with E-state index < -0.39 is 0 Å². The molecule has 0 unspecified atom stereocenters. The normalized spacial score (nSPS) is 12.3. The Kier molecular flexibility index (Phi) is 4.09. The Balaban J connectivity index is 1.77. The number of fused-ring (bicyclic) bond motifs is 1. The SMILES string of the molecule is CN(Cc1ccc2c(c1)OCO2)C(=O)c1nc(Cl)ccc1Cl. The van der Waals surface area contributed by atoms with E-state index in [0.717, 1.165) is 5.56 Å². The number of pyridine rings is 1. The van der Waals surface area contributed by atoms with Crippen LogP contribution < -0.4 is 9.47 Å². The van der Waals surface area contributed by atoms with Gasteiger partial charge in [0, 0.05) is 13.6 Å². The van der Waals surface area contributed by atoms with E-state index in [0.29, 0.717) is 18.0 Å². The third-order valence-electron chi connectivity index (χ3n) is 3.22. The molecule has 1 aromatic carbocycles. The monoisotopic (exact) mass is 338 g/mol. The molecule has 1 amide bonds. The lowest BCUT2D eigenvalue weighted by molar-refractivity contribution is 0.0779. The van der Waals surface area contributed by atoms with Gasteiger partial charge < -0.3 is 14.4 Å². The van der Waals surface area contributed by atoms with Crippen molar-refractivity contribution in [2.75, 3.05) is 13.8 Å². The van der Waals surface area contributed by atoms with Gasteiger partial charge in [-0.15, -0.1) is 0 Å². The van der Waals surface area contributed by atoms with Gasteiger partial charge in [-0.2, -0.15) is 0 Å². The number of hydrogen-bond donors (Lipinski definition) is 0. The highest BCUT2D eigenvalue weighted by atomic mass is 35.5. The molecule has 2 aromatic rings. The number of aromatic nitrogens is 1. The molecule has 22 heavy (non-hydrogen) atoms. The van der Waals surface area contributed by atoms with Crippen molar-refractivity contribution in [2.45, 2.75) is 6.54 Å². The summed E-state index contributed by atoms with van der Waals surface area (Å²) in [5.74, 6) is 1.08. The summed E-state index contributed by atoms with van der Waals surface area (Å²) < 4.78 is 10.6. The van der Waals surface area contributed by atoms with Crippen LogP contribution in [0.3, 0.4) is 0 Å². The maximum atomic E-state index is 12.4. The van der Waals surface area contributed by atoms with Gasteiger partial charge in [0.2, 0.25) is 6.79 Å². The Morgan fingerprint density at radius 1 is 1.23 bits per heavy atom. The van der Waals surface area contributed by atoms with Gasteiger partial charge in [-0.3, -0.25) is 4.79 Å². The van der Waals surface area contributed by atoms with Crippen molar-refractivity contribution in [3.8, 4) is 11.5 Å². The zero-order chi connectivity index (χ0) is 15.7. The smallest absolute Gasteiger partial charge is 0.274 e. The van der Waals surface area contributed by atoms with Crippen molar-refractivity contribution in [2.24, 2.45) is 0 Å². The van der Waals surface area contributed by atoms with E-state index in [2.05, 4.69) is 4.98 Å². The molecule has 0 bridgehead atoms. The third-order valence-corrected chi connectivity index (χ3v) is 3.73. The molecule has 7 heteroatoms. The summed E-state index contributed by atoms with van der Waals surface area (Å²) in [5.41, 5.74) is 1.05. The molecule has 0 spiro atoms. The first kappa shape index (κ1) is 14.9. The zero-order valence-corrected chi connectivity index (χ0v) is 13.2. The maximum absolute atomic E-state index is 12.4. The molecule has 0 N–H and O–H groups in total. The van der Waals surface area contributed by atoms with Gasteiger partial charge in [0.25, 0.3) is 5.91 Å². The van der Waals surface area contributed by atoms with Crippen LogP contribution >= 0.6 is 23.2 Å². The van der Waals surface area contributed by atoms with E-state index >= 15 is 0 Å². The molecular weight excluding hydrogens is 327 g/mol. The molecule has 1 aliphatic rings. The average Bonchev–Trinajstić information content (AvgIpc) is 2.96. The van der Waals surface area contributed by atoms with Gasteiger partial charge in [-0.05, 0) is 29.8 Å². The summed E-state index contributed by atoms with van der Waals surface area (Å²) in [7, 11) is 1.67. The van der Waals surface area contributed by atoms with Gasteiger partial charge in [0.05, 0.1) is 5.02 Å². The van der Waals surface area contributed by atoms with Crippen LogP contribution in [0, 0.1) is 0 Å². The molecule has 0 fully saturated rings. The van der Waals surface area contributed by atoms with Gasteiger partial charge in [-0.25, -0.2) is 4.98 Å². The van der Waals surface area contributed by atoms with E-state index in [1.54, 1.807) is 19.2 Å². The van der Waals surface area contributed by atoms with E-state index in [9.17, 15) is 4.79 Å². The molecule has 2 heterocycles. The van der Waals surface area contributed by atoms with Crippen molar-refractivity contribution < 1.29 is 14.3 Å². The summed E-state index contributed by atoms with van der Waals surface area (Å²) >= 11 is 11.8. The minimum absolute atomic E-state index is 0.136. The fraction of sp³-hybridized carbons (Fsp3) is 0.200. The second-order valence-corrected chi connectivity index (χ2v) is 5.61. The molecule has 0 saturated carbocycles. The highest BCUT2D eigenvalue weighted by Gasteiger charge is 2.19. The third kappa shape index (κ3) is 2.96. The number of halogens is 2. The summed E-state index contributed by atoms with van der Waals surface area (Å²) in [6.07, 6.45) is 0. The first-order valence-electron chi connectivity index (χ1n) is 6.50. The van der Waals surface area contributed by atoms with E-state index in [-0.39, 0.29) is 28.6 Å². The van der Waals surface area contributed by atoms with Crippen LogP contribution in [0.1, 0.15) is 16.1 Å². The highest BCUT2D eigenvalue weighted by Crippen LogP contribution is 2.32. The van der Waals surface area contributed by atoms with E-state index in [1.807, 2.05) is 18.2 Å². The predicted octanol–water partition coefficient (Wildman–Crippen LogP) is 3.39. The molecule has 3 rings (SSSR count). The summed E-state index contributed by atoms with van der Waals surface area (Å²) in [4.78, 5) is 17.9. The lowest BCUT2D eigenvalue weighted by atomic mass is 10.2. The minimum Gasteiger partial charge on any atom is -0.454 e. The number of nitrogens with zero attached hydrogens (tertiary/aromatic N) is 2.